The summed E-state index contributed by atoms with van der Waals surface area (Å²) in [4.78, 5) is 11.1. The van der Waals surface area contributed by atoms with Gasteiger partial charge in [0.2, 0.25) is 0 Å². The number of hydrogen-bond donors (Lipinski definition) is 1. The van der Waals surface area contributed by atoms with Crippen molar-refractivity contribution >= 4 is 5.97 Å². The van der Waals surface area contributed by atoms with Crippen molar-refractivity contribution in [3.63, 3.8) is 0 Å². The average molecular weight is 246 g/mol. The minimum absolute atomic E-state index is 0.363. The maximum absolute atomic E-state index is 11.1. The van der Waals surface area contributed by atoms with E-state index in [1.165, 1.54) is 0 Å². The van der Waals surface area contributed by atoms with Crippen LogP contribution in [0.5, 0.6) is 11.5 Å². The van der Waals surface area contributed by atoms with Gasteiger partial charge in [-0.15, -0.1) is 6.42 Å². The number of benzene rings is 1. The Morgan fingerprint density at radius 1 is 1.61 bits per heavy atom. The van der Waals surface area contributed by atoms with Crippen molar-refractivity contribution in [3.8, 4) is 23.8 Å². The standard InChI is InChI=1S/C14H14O4/c1-4-13(15)18-11-7-5-6-10-9(11)8-12(17-10)14(2,3)16/h1,5-7,12,16H,8H2,2-3H3/t12-/m0/s1. The van der Waals surface area contributed by atoms with Gasteiger partial charge in [-0.05, 0) is 26.0 Å². The lowest BCUT2D eigenvalue weighted by Gasteiger charge is -2.24. The van der Waals surface area contributed by atoms with Crippen LogP contribution in [0.4, 0.5) is 0 Å². The number of hydrogen-bond acceptors (Lipinski definition) is 4. The summed E-state index contributed by atoms with van der Waals surface area (Å²) in [6.45, 7) is 3.35. The van der Waals surface area contributed by atoms with Gasteiger partial charge in [-0.25, -0.2) is 4.79 Å². The van der Waals surface area contributed by atoms with E-state index in [1.54, 1.807) is 32.0 Å². The molecule has 2 rings (SSSR count). The highest BCUT2D eigenvalue weighted by Gasteiger charge is 2.36. The van der Waals surface area contributed by atoms with Gasteiger partial charge in [0, 0.05) is 17.9 Å². The molecule has 0 radical (unpaired) electrons. The summed E-state index contributed by atoms with van der Waals surface area (Å²) in [5.41, 5.74) is -0.208. The molecule has 4 nitrogen and oxygen atoms in total. The molecule has 1 aromatic carbocycles. The molecule has 0 saturated carbocycles. The average Bonchev–Trinajstić information content (AvgIpc) is 2.73. The molecule has 1 aromatic rings. The van der Waals surface area contributed by atoms with E-state index >= 15 is 0 Å². The molecule has 94 valence electrons. The highest BCUT2D eigenvalue weighted by molar-refractivity contribution is 5.89. The number of rotatable bonds is 2. The molecule has 0 fully saturated rings. The van der Waals surface area contributed by atoms with Crippen LogP contribution < -0.4 is 9.47 Å². The maximum atomic E-state index is 11.1. The van der Waals surface area contributed by atoms with Gasteiger partial charge in [-0.2, -0.15) is 0 Å². The molecule has 0 amide bonds. The largest absolute Gasteiger partial charge is 0.487 e. The predicted molar refractivity (Wildman–Crippen MR) is 65.3 cm³/mol. The first-order chi connectivity index (χ1) is 8.41. The molecule has 1 aliphatic heterocycles. The van der Waals surface area contributed by atoms with Gasteiger partial charge in [-0.3, -0.25) is 0 Å². The fourth-order valence-electron chi connectivity index (χ4n) is 1.86. The van der Waals surface area contributed by atoms with Crippen molar-refractivity contribution in [2.75, 3.05) is 0 Å². The van der Waals surface area contributed by atoms with Gasteiger partial charge in [0.05, 0.1) is 5.60 Å². The van der Waals surface area contributed by atoms with E-state index in [9.17, 15) is 9.90 Å². The summed E-state index contributed by atoms with van der Waals surface area (Å²) < 4.78 is 10.7. The second kappa shape index (κ2) is 4.35. The smallest absolute Gasteiger partial charge is 0.389 e. The Labute approximate surface area is 106 Å². The van der Waals surface area contributed by atoms with Crippen LogP contribution in [-0.2, 0) is 11.2 Å². The van der Waals surface area contributed by atoms with Crippen LogP contribution in [0, 0.1) is 12.3 Å². The monoisotopic (exact) mass is 246 g/mol. The summed E-state index contributed by atoms with van der Waals surface area (Å²) in [5.74, 6) is 2.16. The van der Waals surface area contributed by atoms with Gasteiger partial charge in [0.25, 0.3) is 0 Å². The lowest BCUT2D eigenvalue weighted by atomic mass is 9.97. The van der Waals surface area contributed by atoms with Crippen molar-refractivity contribution in [1.82, 2.24) is 0 Å². The second-order valence-corrected chi connectivity index (χ2v) is 4.73. The zero-order chi connectivity index (χ0) is 13.3. The molecule has 1 heterocycles. The zero-order valence-corrected chi connectivity index (χ0v) is 10.3. The van der Waals surface area contributed by atoms with Crippen LogP contribution >= 0.6 is 0 Å². The molecule has 0 spiro atoms. The van der Waals surface area contributed by atoms with E-state index in [0.717, 1.165) is 5.56 Å². The summed E-state index contributed by atoms with van der Waals surface area (Å²) in [6, 6.07) is 5.14. The Hall–Kier alpha value is -1.99. The number of fused-ring (bicyclic) bond motifs is 1. The Balaban J connectivity index is 2.28. The molecule has 1 N–H and O–H groups in total. The lowest BCUT2D eigenvalue weighted by Crippen LogP contribution is -2.39. The summed E-state index contributed by atoms with van der Waals surface area (Å²) >= 11 is 0. The van der Waals surface area contributed by atoms with Crippen molar-refractivity contribution < 1.29 is 19.4 Å². The van der Waals surface area contributed by atoms with E-state index < -0.39 is 11.6 Å². The Morgan fingerprint density at radius 3 is 2.94 bits per heavy atom. The van der Waals surface area contributed by atoms with Gasteiger partial charge in [0.15, 0.2) is 0 Å². The van der Waals surface area contributed by atoms with E-state index in [0.29, 0.717) is 17.9 Å². The van der Waals surface area contributed by atoms with Crippen LogP contribution in [0.15, 0.2) is 18.2 Å². The minimum atomic E-state index is -0.966. The third kappa shape index (κ3) is 2.31. The predicted octanol–water partition coefficient (Wildman–Crippen LogP) is 1.30. The third-order valence-corrected chi connectivity index (χ3v) is 2.86. The Morgan fingerprint density at radius 2 is 2.33 bits per heavy atom. The third-order valence-electron chi connectivity index (χ3n) is 2.86. The number of terminal acetylenes is 1. The van der Waals surface area contributed by atoms with Crippen LogP contribution in [0.2, 0.25) is 0 Å². The Kier molecular flexibility index (Phi) is 3.02. The summed E-state index contributed by atoms with van der Waals surface area (Å²) in [7, 11) is 0. The molecule has 0 bridgehead atoms. The highest BCUT2D eigenvalue weighted by Crippen LogP contribution is 2.38. The summed E-state index contributed by atoms with van der Waals surface area (Å²) in [5, 5.41) is 9.94. The quantitative estimate of drug-likeness (QED) is 0.370. The SMILES string of the molecule is C#CC(=O)Oc1cccc2c1C[C@@H](C(C)(C)O)O2. The fourth-order valence-corrected chi connectivity index (χ4v) is 1.86. The first-order valence-corrected chi connectivity index (χ1v) is 5.61. The van der Waals surface area contributed by atoms with Crippen LogP contribution in [0.25, 0.3) is 0 Å². The molecule has 0 saturated heterocycles. The summed E-state index contributed by atoms with van der Waals surface area (Å²) in [6.07, 6.45) is 5.08. The van der Waals surface area contributed by atoms with Crippen LogP contribution in [0.3, 0.4) is 0 Å². The maximum Gasteiger partial charge on any atom is 0.389 e. The first-order valence-electron chi connectivity index (χ1n) is 5.61. The number of esters is 1. The molecule has 18 heavy (non-hydrogen) atoms. The van der Waals surface area contributed by atoms with Gasteiger partial charge < -0.3 is 14.6 Å². The second-order valence-electron chi connectivity index (χ2n) is 4.73. The number of carbonyl (C=O) groups excluding carboxylic acids is 1. The molecule has 1 atom stereocenters. The minimum Gasteiger partial charge on any atom is -0.487 e. The fraction of sp³-hybridized carbons (Fsp3) is 0.357. The number of aliphatic hydroxyl groups is 1. The first kappa shape index (κ1) is 12.5. The van der Waals surface area contributed by atoms with E-state index in [4.69, 9.17) is 15.9 Å². The van der Waals surface area contributed by atoms with Gasteiger partial charge in [-0.1, -0.05) is 6.07 Å². The molecule has 0 unspecified atom stereocenters. The molecule has 1 aliphatic rings. The molecule has 4 heteroatoms. The van der Waals surface area contributed by atoms with Gasteiger partial charge in [0.1, 0.15) is 17.6 Å². The van der Waals surface area contributed by atoms with Crippen molar-refractivity contribution in [2.45, 2.75) is 32.0 Å². The topological polar surface area (TPSA) is 55.8 Å². The highest BCUT2D eigenvalue weighted by atomic mass is 16.5. The van der Waals surface area contributed by atoms with Gasteiger partial charge >= 0.3 is 5.97 Å². The Bertz CT molecular complexity index is 520. The lowest BCUT2D eigenvalue weighted by molar-refractivity contribution is -0.128. The van der Waals surface area contributed by atoms with E-state index in [2.05, 4.69) is 0 Å². The van der Waals surface area contributed by atoms with Crippen molar-refractivity contribution in [3.05, 3.63) is 23.8 Å². The van der Waals surface area contributed by atoms with Crippen LogP contribution in [-0.4, -0.2) is 22.8 Å². The normalized spacial score (nSPS) is 17.6. The molecular formula is C14H14O4. The van der Waals surface area contributed by atoms with Crippen molar-refractivity contribution in [2.24, 2.45) is 0 Å². The molecule has 0 aliphatic carbocycles. The zero-order valence-electron chi connectivity index (χ0n) is 10.3. The van der Waals surface area contributed by atoms with Crippen LogP contribution in [0.1, 0.15) is 19.4 Å². The van der Waals surface area contributed by atoms with E-state index in [-0.39, 0.29) is 6.10 Å². The molecular weight excluding hydrogens is 232 g/mol. The number of ether oxygens (including phenoxy) is 2. The molecule has 0 aromatic heterocycles. The number of carbonyl (C=O) groups is 1. The van der Waals surface area contributed by atoms with Crippen molar-refractivity contribution in [1.29, 1.82) is 0 Å². The van der Waals surface area contributed by atoms with E-state index in [1.807, 2.05) is 5.92 Å².